The van der Waals surface area contributed by atoms with Gasteiger partial charge in [-0.15, -0.1) is 0 Å². The average Bonchev–Trinajstić information content (AvgIpc) is 3.82. The highest BCUT2D eigenvalue weighted by Gasteiger charge is 2.18. The molecule has 0 unspecified atom stereocenters. The lowest BCUT2D eigenvalue weighted by Crippen LogP contribution is -2.01. The first-order valence-corrected chi connectivity index (χ1v) is 21.2. The molecule has 2 heterocycles. The number of nitriles is 1. The van der Waals surface area contributed by atoms with Crippen LogP contribution in [0.15, 0.2) is 77.5 Å². The molecule has 0 aliphatic carbocycles. The van der Waals surface area contributed by atoms with E-state index in [-0.39, 0.29) is 38.1 Å². The van der Waals surface area contributed by atoms with Crippen molar-refractivity contribution in [2.75, 3.05) is 0 Å². The van der Waals surface area contributed by atoms with Crippen molar-refractivity contribution in [1.29, 1.82) is 5.26 Å². The largest absolute Gasteiger partial charge is 0.478 e. The molecule has 0 saturated carbocycles. The summed E-state index contributed by atoms with van der Waals surface area (Å²) >= 11 is 8.74. The van der Waals surface area contributed by atoms with E-state index in [0.29, 0.717) is 15.6 Å². The van der Waals surface area contributed by atoms with Crippen molar-refractivity contribution >= 4 is 78.7 Å². The van der Waals surface area contributed by atoms with Gasteiger partial charge in [0.05, 0.1) is 42.0 Å². The minimum atomic E-state index is -1.28. The van der Waals surface area contributed by atoms with Crippen LogP contribution in [0.5, 0.6) is 0 Å². The molecule has 0 bridgehead atoms. The van der Waals surface area contributed by atoms with Gasteiger partial charge in [0.15, 0.2) is 6.29 Å². The summed E-state index contributed by atoms with van der Waals surface area (Å²) in [6.07, 6.45) is 5.06. The first-order valence-electron chi connectivity index (χ1n) is 20.0. The van der Waals surface area contributed by atoms with E-state index in [0.717, 1.165) is 51.1 Å². The monoisotopic (exact) mass is 980 g/mol. The average molecular weight is 982 g/mol. The highest BCUT2D eigenvalue weighted by molar-refractivity contribution is 9.10. The van der Waals surface area contributed by atoms with Crippen molar-refractivity contribution in [1.82, 2.24) is 9.13 Å². The number of aldehydes is 1. The fourth-order valence-electron chi connectivity index (χ4n) is 7.22. The topological polar surface area (TPSA) is 217 Å². The van der Waals surface area contributed by atoms with Crippen LogP contribution in [0.4, 0.5) is 17.1 Å². The van der Waals surface area contributed by atoms with Crippen LogP contribution >= 0.6 is 27.5 Å². The van der Waals surface area contributed by atoms with Gasteiger partial charge in [0.1, 0.15) is 6.07 Å². The number of fused-ring (bicyclic) bond motifs is 2. The molecule has 66 heavy (non-hydrogen) atoms. The predicted octanol–water partition coefficient (Wildman–Crippen LogP) is 13.0. The maximum atomic E-state index is 11.0. The molecule has 5 aromatic carbocycles. The van der Waals surface area contributed by atoms with Gasteiger partial charge >= 0.3 is 5.97 Å². The fourth-order valence-corrected chi connectivity index (χ4v) is 8.07. The molecule has 0 aliphatic rings. The molecule has 0 aliphatic heterocycles. The number of nitro benzene ring substituents is 3. The Morgan fingerprint density at radius 2 is 1.06 bits per heavy atom. The zero-order chi connectivity index (χ0) is 50.1. The molecule has 0 saturated heterocycles. The standard InChI is InChI=1S/C12H13NO.C12H15N.C9H11NO2.C8H5BrN2O2.C8H6ClNO4/c1-8-6-9(2)12-10(11(8)7-14)4-5-13(12)3;1-8-7-9(2)12-11(10(8)3)5-6-13(12)4;1-6-4-8(3)9(10(11)12)5-7(6)2;1-5-2-7(9)6(4-10)3-8(5)11(12)13;1-4-2-6(9)5(8(11)12)3-7(4)10(13)14/h4-7H,1-3H3;5-7H,1-4H3;4-5H,1-3H3;2-3H,1H3;2-3H,1H3,(H,11,12). The van der Waals surface area contributed by atoms with Gasteiger partial charge < -0.3 is 14.2 Å². The summed E-state index contributed by atoms with van der Waals surface area (Å²) in [7, 11) is 4.10. The molecule has 344 valence electrons. The highest BCUT2D eigenvalue weighted by atomic mass is 79.9. The number of hydrogen-bond donors (Lipinski definition) is 1. The van der Waals surface area contributed by atoms with Gasteiger partial charge in [-0.25, -0.2) is 4.79 Å². The summed E-state index contributed by atoms with van der Waals surface area (Å²) in [5, 5.41) is 51.2. The SMILES string of the molecule is Cc1cc(Br)c(C#N)cc1[N+](=O)[O-].Cc1cc(C)c([N+](=O)[O-])cc1C.Cc1cc(C)c2c(ccn2C)c1C.Cc1cc(C)c2c(ccn2C)c1C=O.Cc1cc(Cl)c(C(=O)O)cc1[N+](=O)[O-]. The Bertz CT molecular complexity index is 3060. The van der Waals surface area contributed by atoms with Gasteiger partial charge in [0, 0.05) is 82.2 Å². The molecule has 2 aromatic heterocycles. The summed E-state index contributed by atoms with van der Waals surface area (Å²) in [6.45, 7) is 19.3. The zero-order valence-corrected chi connectivity index (χ0v) is 41.0. The van der Waals surface area contributed by atoms with Crippen molar-refractivity contribution in [2.24, 2.45) is 14.1 Å². The van der Waals surface area contributed by atoms with E-state index >= 15 is 0 Å². The van der Waals surface area contributed by atoms with E-state index in [9.17, 15) is 39.9 Å². The molecule has 0 amide bonds. The molecule has 0 fully saturated rings. The van der Waals surface area contributed by atoms with E-state index in [1.54, 1.807) is 26.0 Å². The Hall–Kier alpha value is -7.22. The summed E-state index contributed by atoms with van der Waals surface area (Å²) in [5.41, 5.74) is 13.4. The van der Waals surface area contributed by atoms with Gasteiger partial charge in [-0.1, -0.05) is 23.7 Å². The van der Waals surface area contributed by atoms with Crippen molar-refractivity contribution in [2.45, 2.75) is 69.2 Å². The number of carboxylic acids is 1. The second-order valence-electron chi connectivity index (χ2n) is 15.7. The van der Waals surface area contributed by atoms with Crippen LogP contribution in [-0.4, -0.2) is 41.3 Å². The lowest BCUT2D eigenvalue weighted by atomic mass is 10.0. The van der Waals surface area contributed by atoms with Crippen LogP contribution in [0.25, 0.3) is 21.8 Å². The lowest BCUT2D eigenvalue weighted by molar-refractivity contribution is -0.385. The molecule has 17 heteroatoms. The van der Waals surface area contributed by atoms with Crippen LogP contribution in [0, 0.1) is 111 Å². The van der Waals surface area contributed by atoms with Gasteiger partial charge in [-0.3, -0.25) is 35.1 Å². The van der Waals surface area contributed by atoms with Gasteiger partial charge in [0.25, 0.3) is 17.1 Å². The van der Waals surface area contributed by atoms with Crippen LogP contribution < -0.4 is 0 Å². The Morgan fingerprint density at radius 3 is 1.56 bits per heavy atom. The third-order valence-electron chi connectivity index (χ3n) is 10.9. The van der Waals surface area contributed by atoms with Gasteiger partial charge in [-0.05, 0) is 154 Å². The highest BCUT2D eigenvalue weighted by Crippen LogP contribution is 2.29. The first-order chi connectivity index (χ1) is 30.8. The first kappa shape index (κ1) is 53.1. The van der Waals surface area contributed by atoms with E-state index in [1.165, 1.54) is 52.2 Å². The molecular weight excluding hydrogens is 932 g/mol. The summed E-state index contributed by atoms with van der Waals surface area (Å²) in [5.74, 6) is -1.28. The molecular formula is C49H50BrClN6O9. The number of halogens is 2. The van der Waals surface area contributed by atoms with E-state index in [4.69, 9.17) is 22.0 Å². The second kappa shape index (κ2) is 22.6. The summed E-state index contributed by atoms with van der Waals surface area (Å²) < 4.78 is 4.83. The van der Waals surface area contributed by atoms with Crippen molar-refractivity contribution in [3.05, 3.63) is 185 Å². The minimum absolute atomic E-state index is 0.000556. The third-order valence-corrected chi connectivity index (χ3v) is 11.9. The molecule has 0 spiro atoms. The van der Waals surface area contributed by atoms with Crippen LogP contribution in [-0.2, 0) is 14.1 Å². The smallest absolute Gasteiger partial charge is 0.337 e. The fraction of sp³-hybridized carbons (Fsp3) is 0.245. The molecule has 7 aromatic rings. The van der Waals surface area contributed by atoms with E-state index < -0.39 is 15.8 Å². The second-order valence-corrected chi connectivity index (χ2v) is 17.0. The van der Waals surface area contributed by atoms with Gasteiger partial charge in [0.2, 0.25) is 0 Å². The third kappa shape index (κ3) is 12.5. The van der Waals surface area contributed by atoms with Crippen LogP contribution in [0.3, 0.4) is 0 Å². The van der Waals surface area contributed by atoms with E-state index in [1.807, 2.05) is 52.2 Å². The summed E-state index contributed by atoms with van der Waals surface area (Å²) in [4.78, 5) is 51.5. The zero-order valence-electron chi connectivity index (χ0n) is 38.7. The number of carboxylic acid groups (broad SMARTS) is 1. The number of nitro groups is 3. The predicted molar refractivity (Wildman–Crippen MR) is 262 cm³/mol. The number of benzene rings is 5. The number of rotatable bonds is 5. The number of carbonyl (C=O) groups is 2. The number of hydrogen-bond acceptors (Lipinski definition) is 9. The van der Waals surface area contributed by atoms with Crippen molar-refractivity contribution in [3.8, 4) is 6.07 Å². The van der Waals surface area contributed by atoms with Crippen molar-refractivity contribution in [3.63, 3.8) is 0 Å². The van der Waals surface area contributed by atoms with Crippen molar-refractivity contribution < 1.29 is 29.5 Å². The Kier molecular flexibility index (Phi) is 18.2. The molecule has 7 rings (SSSR count). The number of aromatic nitrogens is 2. The minimum Gasteiger partial charge on any atom is -0.478 e. The number of aromatic carboxylic acids is 1. The molecule has 0 radical (unpaired) electrons. The normalized spacial score (nSPS) is 10.2. The number of aryl methyl sites for hydroxylation is 12. The molecule has 1 N–H and O–H groups in total. The number of carbonyl (C=O) groups excluding carboxylic acids is 1. The maximum Gasteiger partial charge on any atom is 0.337 e. The Balaban J connectivity index is 0.000000219. The summed E-state index contributed by atoms with van der Waals surface area (Å²) in [6, 6.07) is 18.9. The lowest BCUT2D eigenvalue weighted by Gasteiger charge is -2.06. The van der Waals surface area contributed by atoms with Crippen LogP contribution in [0.1, 0.15) is 81.9 Å². The Morgan fingerprint density at radius 1 is 0.636 bits per heavy atom. The number of nitrogens with zero attached hydrogens (tertiary/aromatic N) is 6. The molecule has 0 atom stereocenters. The quantitative estimate of drug-likeness (QED) is 0.0977. The van der Waals surface area contributed by atoms with Gasteiger partial charge in [-0.2, -0.15) is 5.26 Å². The van der Waals surface area contributed by atoms with Crippen LogP contribution in [0.2, 0.25) is 5.02 Å². The van der Waals surface area contributed by atoms with E-state index in [2.05, 4.69) is 84.2 Å². The maximum absolute atomic E-state index is 11.0. The molecule has 15 nitrogen and oxygen atoms in total. The Labute approximate surface area is 395 Å².